The molecule has 0 bridgehead atoms. The molecule has 1 aromatic heterocycles. The third kappa shape index (κ3) is 2.23. The smallest absolute Gasteiger partial charge is 0.131 e. The number of rotatable bonds is 2. The van der Waals surface area contributed by atoms with Crippen molar-refractivity contribution in [3.05, 3.63) is 64.4 Å². The minimum absolute atomic E-state index is 0.148. The lowest BCUT2D eigenvalue weighted by atomic mass is 10.0. The number of halogens is 1. The van der Waals surface area contributed by atoms with Gasteiger partial charge in [-0.3, -0.25) is 0 Å². The third-order valence-corrected chi connectivity index (χ3v) is 2.95. The first kappa shape index (κ1) is 11.1. The maximum Gasteiger partial charge on any atom is 0.131 e. The highest BCUT2D eigenvalue weighted by Gasteiger charge is 2.09. The van der Waals surface area contributed by atoms with E-state index in [9.17, 15) is 0 Å². The van der Waals surface area contributed by atoms with Crippen LogP contribution < -0.4 is 5.73 Å². The van der Waals surface area contributed by atoms with Crippen LogP contribution in [0.2, 0.25) is 5.15 Å². The number of pyridine rings is 1. The molecular formula is C13H13ClN2. The number of nitrogens with zero attached hydrogens (tertiary/aromatic N) is 1. The summed E-state index contributed by atoms with van der Waals surface area (Å²) in [5, 5.41) is 0.531. The van der Waals surface area contributed by atoms with E-state index in [1.54, 1.807) is 6.20 Å². The largest absolute Gasteiger partial charge is 0.320 e. The Morgan fingerprint density at radius 1 is 1.19 bits per heavy atom. The molecule has 1 atom stereocenters. The van der Waals surface area contributed by atoms with Gasteiger partial charge in [0.15, 0.2) is 0 Å². The topological polar surface area (TPSA) is 38.9 Å². The summed E-state index contributed by atoms with van der Waals surface area (Å²) in [7, 11) is 0. The van der Waals surface area contributed by atoms with Crippen molar-refractivity contribution >= 4 is 11.6 Å². The molecule has 0 saturated carbocycles. The van der Waals surface area contributed by atoms with E-state index in [4.69, 9.17) is 17.3 Å². The van der Waals surface area contributed by atoms with Crippen LogP contribution in [0.1, 0.15) is 22.7 Å². The summed E-state index contributed by atoms with van der Waals surface area (Å²) in [4.78, 5) is 4.11. The van der Waals surface area contributed by atoms with Crippen molar-refractivity contribution in [2.45, 2.75) is 13.0 Å². The average Bonchev–Trinajstić information content (AvgIpc) is 2.33. The second-order valence-corrected chi connectivity index (χ2v) is 4.12. The average molecular weight is 233 g/mol. The van der Waals surface area contributed by atoms with E-state index in [1.165, 1.54) is 0 Å². The predicted molar refractivity (Wildman–Crippen MR) is 66.5 cm³/mol. The molecule has 0 aliphatic rings. The van der Waals surface area contributed by atoms with Crippen LogP contribution in [0.15, 0.2) is 42.6 Å². The second kappa shape index (κ2) is 4.64. The number of aromatic nitrogens is 1. The van der Waals surface area contributed by atoms with Crippen molar-refractivity contribution in [1.29, 1.82) is 0 Å². The Hall–Kier alpha value is -1.38. The number of benzene rings is 1. The first-order valence-corrected chi connectivity index (χ1v) is 5.49. The highest BCUT2D eigenvalue weighted by molar-refractivity contribution is 6.30. The van der Waals surface area contributed by atoms with Crippen LogP contribution in [0.5, 0.6) is 0 Å². The van der Waals surface area contributed by atoms with Gasteiger partial charge in [-0.25, -0.2) is 4.98 Å². The molecule has 0 spiro atoms. The van der Waals surface area contributed by atoms with Gasteiger partial charge in [0, 0.05) is 6.20 Å². The van der Waals surface area contributed by atoms with Gasteiger partial charge < -0.3 is 5.73 Å². The molecule has 1 unspecified atom stereocenters. The molecular weight excluding hydrogens is 220 g/mol. The Bertz CT molecular complexity index is 483. The zero-order valence-corrected chi connectivity index (χ0v) is 9.78. The Labute approximate surface area is 100 Å². The predicted octanol–water partition coefficient (Wildman–Crippen LogP) is 3.09. The first-order valence-electron chi connectivity index (χ1n) is 5.11. The minimum Gasteiger partial charge on any atom is -0.320 e. The van der Waals surface area contributed by atoms with Crippen molar-refractivity contribution in [2.24, 2.45) is 5.73 Å². The van der Waals surface area contributed by atoms with Crippen LogP contribution in [-0.2, 0) is 0 Å². The molecule has 2 nitrogen and oxygen atoms in total. The van der Waals surface area contributed by atoms with Crippen molar-refractivity contribution in [2.75, 3.05) is 0 Å². The molecule has 0 amide bonds. The zero-order valence-electron chi connectivity index (χ0n) is 9.02. The first-order chi connectivity index (χ1) is 7.68. The molecule has 0 aliphatic heterocycles. The van der Waals surface area contributed by atoms with Crippen LogP contribution in [0.3, 0.4) is 0 Å². The van der Waals surface area contributed by atoms with E-state index >= 15 is 0 Å². The van der Waals surface area contributed by atoms with E-state index in [1.807, 2.05) is 43.3 Å². The Kier molecular flexibility index (Phi) is 3.22. The molecule has 0 radical (unpaired) electrons. The molecule has 3 heteroatoms. The van der Waals surface area contributed by atoms with Crippen molar-refractivity contribution in [1.82, 2.24) is 4.98 Å². The lowest BCUT2D eigenvalue weighted by molar-refractivity contribution is 0.861. The molecule has 2 rings (SSSR count). The summed E-state index contributed by atoms with van der Waals surface area (Å²) < 4.78 is 0. The summed E-state index contributed by atoms with van der Waals surface area (Å²) in [6.45, 7) is 1.93. The molecule has 2 aromatic rings. The third-order valence-electron chi connectivity index (χ3n) is 2.55. The lowest BCUT2D eigenvalue weighted by Crippen LogP contribution is -2.12. The second-order valence-electron chi connectivity index (χ2n) is 3.76. The fourth-order valence-corrected chi connectivity index (χ4v) is 1.71. The molecule has 0 aliphatic carbocycles. The fourth-order valence-electron chi connectivity index (χ4n) is 1.60. The lowest BCUT2D eigenvalue weighted by Gasteiger charge is -2.12. The Morgan fingerprint density at radius 2 is 1.88 bits per heavy atom. The van der Waals surface area contributed by atoms with Crippen LogP contribution in [0, 0.1) is 6.92 Å². The summed E-state index contributed by atoms with van der Waals surface area (Å²) >= 11 is 5.88. The highest BCUT2D eigenvalue weighted by atomic mass is 35.5. The van der Waals surface area contributed by atoms with E-state index in [2.05, 4.69) is 4.98 Å². The van der Waals surface area contributed by atoms with Gasteiger partial charge in [-0.15, -0.1) is 0 Å². The van der Waals surface area contributed by atoms with Gasteiger partial charge in [-0.2, -0.15) is 0 Å². The summed E-state index contributed by atoms with van der Waals surface area (Å²) in [5.41, 5.74) is 9.16. The zero-order chi connectivity index (χ0) is 11.5. The van der Waals surface area contributed by atoms with Gasteiger partial charge in [0.2, 0.25) is 0 Å². The monoisotopic (exact) mass is 232 g/mol. The highest BCUT2D eigenvalue weighted by Crippen LogP contribution is 2.21. The minimum atomic E-state index is -0.148. The number of aryl methyl sites for hydroxylation is 1. The van der Waals surface area contributed by atoms with Crippen LogP contribution in [0.4, 0.5) is 0 Å². The molecule has 1 aromatic carbocycles. The number of hydrogen-bond acceptors (Lipinski definition) is 2. The van der Waals surface area contributed by atoms with E-state index in [-0.39, 0.29) is 6.04 Å². The molecule has 0 fully saturated rings. The Morgan fingerprint density at radius 3 is 2.50 bits per heavy atom. The molecule has 16 heavy (non-hydrogen) atoms. The van der Waals surface area contributed by atoms with Crippen molar-refractivity contribution < 1.29 is 0 Å². The van der Waals surface area contributed by atoms with Crippen molar-refractivity contribution in [3.63, 3.8) is 0 Å². The maximum absolute atomic E-state index is 6.15. The number of nitrogens with two attached hydrogens (primary N) is 1. The van der Waals surface area contributed by atoms with Crippen LogP contribution in [-0.4, -0.2) is 4.98 Å². The summed E-state index contributed by atoms with van der Waals surface area (Å²) in [6, 6.07) is 11.8. The summed E-state index contributed by atoms with van der Waals surface area (Å²) in [6.07, 6.45) is 1.73. The van der Waals surface area contributed by atoms with E-state index in [0.717, 1.165) is 16.7 Å². The maximum atomic E-state index is 6.15. The molecule has 2 N–H and O–H groups in total. The molecule has 0 saturated heterocycles. The Balaban J connectivity index is 2.34. The van der Waals surface area contributed by atoms with Crippen LogP contribution in [0.25, 0.3) is 0 Å². The molecule has 1 heterocycles. The number of hydrogen-bond donors (Lipinski definition) is 1. The van der Waals surface area contributed by atoms with Crippen LogP contribution >= 0.6 is 11.6 Å². The van der Waals surface area contributed by atoms with Gasteiger partial charge in [0.1, 0.15) is 5.15 Å². The molecule has 82 valence electrons. The van der Waals surface area contributed by atoms with Crippen molar-refractivity contribution in [3.8, 4) is 0 Å². The van der Waals surface area contributed by atoms with E-state index in [0.29, 0.717) is 5.15 Å². The normalized spacial score (nSPS) is 12.4. The standard InChI is InChI=1S/C13H13ClN2/c1-9-7-11(8-16-13(9)14)12(15)10-5-3-2-4-6-10/h2-8,12H,15H2,1H3. The SMILES string of the molecule is Cc1cc(C(N)c2ccccc2)cnc1Cl. The fraction of sp³-hybridized carbons (Fsp3) is 0.154. The van der Waals surface area contributed by atoms with Gasteiger partial charge >= 0.3 is 0 Å². The van der Waals surface area contributed by atoms with E-state index < -0.39 is 0 Å². The van der Waals surface area contributed by atoms with Gasteiger partial charge in [-0.05, 0) is 29.7 Å². The van der Waals surface area contributed by atoms with Gasteiger partial charge in [-0.1, -0.05) is 41.9 Å². The quantitative estimate of drug-likeness (QED) is 0.809. The van der Waals surface area contributed by atoms with Gasteiger partial charge in [0.05, 0.1) is 6.04 Å². The van der Waals surface area contributed by atoms with Gasteiger partial charge in [0.25, 0.3) is 0 Å². The summed E-state index contributed by atoms with van der Waals surface area (Å²) in [5.74, 6) is 0.